The molecule has 4 nitrogen and oxygen atoms in total. The largest absolute Gasteiger partial charge is 0.323 e. The van der Waals surface area contributed by atoms with E-state index in [0.29, 0.717) is 6.42 Å². The zero-order valence-electron chi connectivity index (χ0n) is 14.4. The predicted molar refractivity (Wildman–Crippen MR) is 101 cm³/mol. The van der Waals surface area contributed by atoms with Crippen molar-refractivity contribution in [2.75, 3.05) is 16.8 Å². The van der Waals surface area contributed by atoms with E-state index in [1.165, 1.54) is 6.08 Å². The third kappa shape index (κ3) is 4.35. The lowest BCUT2D eigenvalue weighted by Gasteiger charge is -2.28. The Morgan fingerprint density at radius 2 is 1.92 bits per heavy atom. The highest BCUT2D eigenvalue weighted by atomic mass is 16.2. The van der Waals surface area contributed by atoms with Crippen molar-refractivity contribution in [3.8, 4) is 0 Å². The SMILES string of the molecule is Cc1cc(NC(=O)/C=C/c2ccccc2)ccc1N1CCCCC1=O. The molecule has 0 unspecified atom stereocenters. The molecule has 1 heterocycles. The number of hydrogen-bond acceptors (Lipinski definition) is 2. The van der Waals surface area contributed by atoms with Crippen molar-refractivity contribution in [3.63, 3.8) is 0 Å². The molecule has 0 spiro atoms. The lowest BCUT2D eigenvalue weighted by atomic mass is 10.1. The molecule has 0 aromatic heterocycles. The summed E-state index contributed by atoms with van der Waals surface area (Å²) >= 11 is 0. The number of carbonyl (C=O) groups excluding carboxylic acids is 2. The van der Waals surface area contributed by atoms with Gasteiger partial charge in [-0.15, -0.1) is 0 Å². The first kappa shape index (κ1) is 17.0. The molecule has 0 atom stereocenters. The number of benzene rings is 2. The average Bonchev–Trinajstić information content (AvgIpc) is 2.62. The fraction of sp³-hybridized carbons (Fsp3) is 0.238. The van der Waals surface area contributed by atoms with Gasteiger partial charge in [0, 0.05) is 30.4 Å². The molecule has 0 radical (unpaired) electrons. The van der Waals surface area contributed by atoms with Crippen LogP contribution in [0.15, 0.2) is 54.6 Å². The zero-order valence-corrected chi connectivity index (χ0v) is 14.4. The molecule has 1 saturated heterocycles. The quantitative estimate of drug-likeness (QED) is 0.853. The number of piperidine rings is 1. The zero-order chi connectivity index (χ0) is 17.6. The smallest absolute Gasteiger partial charge is 0.248 e. The van der Waals surface area contributed by atoms with E-state index in [0.717, 1.165) is 41.9 Å². The monoisotopic (exact) mass is 334 g/mol. The number of hydrogen-bond donors (Lipinski definition) is 1. The van der Waals surface area contributed by atoms with Gasteiger partial charge in [-0.2, -0.15) is 0 Å². The second-order valence-electron chi connectivity index (χ2n) is 6.24. The van der Waals surface area contributed by atoms with Crippen LogP contribution in [0, 0.1) is 6.92 Å². The second-order valence-corrected chi connectivity index (χ2v) is 6.24. The van der Waals surface area contributed by atoms with Gasteiger partial charge >= 0.3 is 0 Å². The van der Waals surface area contributed by atoms with E-state index in [1.54, 1.807) is 6.08 Å². The molecule has 0 saturated carbocycles. The molecule has 1 aliphatic rings. The Hall–Kier alpha value is -2.88. The van der Waals surface area contributed by atoms with Crippen molar-refractivity contribution in [3.05, 3.63) is 65.7 Å². The van der Waals surface area contributed by atoms with Crippen molar-refractivity contribution >= 4 is 29.3 Å². The van der Waals surface area contributed by atoms with Gasteiger partial charge in [-0.25, -0.2) is 0 Å². The van der Waals surface area contributed by atoms with Crippen LogP contribution >= 0.6 is 0 Å². The Balaban J connectivity index is 1.67. The molecule has 0 aliphatic carbocycles. The molecular weight excluding hydrogens is 312 g/mol. The van der Waals surface area contributed by atoms with Crippen LogP contribution in [0.4, 0.5) is 11.4 Å². The van der Waals surface area contributed by atoms with Crippen molar-refractivity contribution in [2.24, 2.45) is 0 Å². The minimum absolute atomic E-state index is 0.176. The summed E-state index contributed by atoms with van der Waals surface area (Å²) in [5, 5.41) is 2.87. The van der Waals surface area contributed by atoms with Crippen LogP contribution in [-0.4, -0.2) is 18.4 Å². The summed E-state index contributed by atoms with van der Waals surface area (Å²) in [6.07, 6.45) is 5.92. The van der Waals surface area contributed by atoms with E-state index < -0.39 is 0 Å². The van der Waals surface area contributed by atoms with E-state index >= 15 is 0 Å². The van der Waals surface area contributed by atoms with Crippen molar-refractivity contribution < 1.29 is 9.59 Å². The van der Waals surface area contributed by atoms with Crippen LogP contribution in [0.2, 0.25) is 0 Å². The van der Waals surface area contributed by atoms with Crippen molar-refractivity contribution in [1.29, 1.82) is 0 Å². The topological polar surface area (TPSA) is 49.4 Å². The molecular formula is C21H22N2O2. The number of nitrogens with one attached hydrogen (secondary N) is 1. The van der Waals surface area contributed by atoms with Crippen LogP contribution < -0.4 is 10.2 Å². The number of nitrogens with zero attached hydrogens (tertiary/aromatic N) is 1. The molecule has 2 amide bonds. The van der Waals surface area contributed by atoms with Gasteiger partial charge < -0.3 is 10.2 Å². The van der Waals surface area contributed by atoms with Gasteiger partial charge in [0.2, 0.25) is 11.8 Å². The number of carbonyl (C=O) groups is 2. The summed E-state index contributed by atoms with van der Waals surface area (Å²) in [7, 11) is 0. The van der Waals surface area contributed by atoms with Crippen molar-refractivity contribution in [2.45, 2.75) is 26.2 Å². The van der Waals surface area contributed by atoms with Gasteiger partial charge in [-0.05, 0) is 55.2 Å². The maximum Gasteiger partial charge on any atom is 0.248 e. The first-order valence-corrected chi connectivity index (χ1v) is 8.58. The fourth-order valence-electron chi connectivity index (χ4n) is 3.02. The number of rotatable bonds is 4. The summed E-state index contributed by atoms with van der Waals surface area (Å²) in [6.45, 7) is 2.73. The highest BCUT2D eigenvalue weighted by Crippen LogP contribution is 2.27. The summed E-state index contributed by atoms with van der Waals surface area (Å²) in [4.78, 5) is 26.0. The number of anilines is 2. The first-order chi connectivity index (χ1) is 12.1. The summed E-state index contributed by atoms with van der Waals surface area (Å²) in [5.74, 6) is 0.00184. The van der Waals surface area contributed by atoms with Crippen LogP contribution in [-0.2, 0) is 9.59 Å². The van der Waals surface area contributed by atoms with Crippen LogP contribution in [0.5, 0.6) is 0 Å². The van der Waals surface area contributed by atoms with Crippen LogP contribution in [0.1, 0.15) is 30.4 Å². The minimum Gasteiger partial charge on any atom is -0.323 e. The molecule has 1 aliphatic heterocycles. The lowest BCUT2D eigenvalue weighted by Crippen LogP contribution is -2.35. The van der Waals surface area contributed by atoms with Crippen LogP contribution in [0.25, 0.3) is 6.08 Å². The number of aryl methyl sites for hydroxylation is 1. The summed E-state index contributed by atoms with van der Waals surface area (Å²) in [6, 6.07) is 15.4. The van der Waals surface area contributed by atoms with Gasteiger partial charge in [0.25, 0.3) is 0 Å². The van der Waals surface area contributed by atoms with Crippen molar-refractivity contribution in [1.82, 2.24) is 0 Å². The van der Waals surface area contributed by atoms with Gasteiger partial charge in [0.1, 0.15) is 0 Å². The molecule has 128 valence electrons. The maximum absolute atomic E-state index is 12.1. The molecule has 2 aromatic rings. The van der Waals surface area contributed by atoms with Crippen LogP contribution in [0.3, 0.4) is 0 Å². The normalized spacial score (nSPS) is 14.8. The Labute approximate surface area is 148 Å². The Bertz CT molecular complexity index is 797. The standard InChI is InChI=1S/C21H22N2O2/c1-16-15-18(11-12-19(16)23-14-6-5-9-21(23)25)22-20(24)13-10-17-7-3-2-4-8-17/h2-4,7-8,10-13,15H,5-6,9,14H2,1H3,(H,22,24)/b13-10+. The number of amides is 2. The third-order valence-corrected chi connectivity index (χ3v) is 4.31. The highest BCUT2D eigenvalue weighted by molar-refractivity contribution is 6.02. The third-order valence-electron chi connectivity index (χ3n) is 4.31. The maximum atomic E-state index is 12.1. The van der Waals surface area contributed by atoms with Gasteiger partial charge in [0.05, 0.1) is 0 Å². The van der Waals surface area contributed by atoms with E-state index in [1.807, 2.05) is 60.4 Å². The molecule has 2 aromatic carbocycles. The van der Waals surface area contributed by atoms with E-state index in [-0.39, 0.29) is 11.8 Å². The molecule has 4 heteroatoms. The first-order valence-electron chi connectivity index (χ1n) is 8.58. The molecule has 3 rings (SSSR count). The fourth-order valence-corrected chi connectivity index (χ4v) is 3.02. The predicted octanol–water partition coefficient (Wildman–Crippen LogP) is 4.16. The molecule has 1 N–H and O–H groups in total. The molecule has 0 bridgehead atoms. The van der Waals surface area contributed by atoms with E-state index in [2.05, 4.69) is 5.32 Å². The Morgan fingerprint density at radius 3 is 2.64 bits per heavy atom. The Morgan fingerprint density at radius 1 is 1.12 bits per heavy atom. The molecule has 25 heavy (non-hydrogen) atoms. The van der Waals surface area contributed by atoms with E-state index in [4.69, 9.17) is 0 Å². The molecule has 1 fully saturated rings. The Kier molecular flexibility index (Phi) is 5.29. The summed E-state index contributed by atoms with van der Waals surface area (Å²) < 4.78 is 0. The van der Waals surface area contributed by atoms with Gasteiger partial charge in [-0.1, -0.05) is 30.3 Å². The lowest BCUT2D eigenvalue weighted by molar-refractivity contribution is -0.119. The highest BCUT2D eigenvalue weighted by Gasteiger charge is 2.20. The van der Waals surface area contributed by atoms with Gasteiger partial charge in [0.15, 0.2) is 0 Å². The van der Waals surface area contributed by atoms with Gasteiger partial charge in [-0.3, -0.25) is 9.59 Å². The summed E-state index contributed by atoms with van der Waals surface area (Å²) in [5.41, 5.74) is 3.63. The average molecular weight is 334 g/mol. The van der Waals surface area contributed by atoms with E-state index in [9.17, 15) is 9.59 Å². The minimum atomic E-state index is -0.176. The second kappa shape index (κ2) is 7.79.